The number of imidazole rings is 1. The van der Waals surface area contributed by atoms with Gasteiger partial charge in [0.2, 0.25) is 0 Å². The number of halogens is 1. The summed E-state index contributed by atoms with van der Waals surface area (Å²) in [4.78, 5) is 30.8. The summed E-state index contributed by atoms with van der Waals surface area (Å²) in [5.74, 6) is 0.401. The van der Waals surface area contributed by atoms with Crippen LogP contribution in [0.1, 0.15) is 19.2 Å². The molecule has 0 aliphatic carbocycles. The van der Waals surface area contributed by atoms with E-state index in [4.69, 9.17) is 4.74 Å². The molecule has 6 nitrogen and oxygen atoms in total. The van der Waals surface area contributed by atoms with E-state index in [1.807, 2.05) is 18.2 Å². The molecule has 3 aromatic rings. The highest BCUT2D eigenvalue weighted by Gasteiger charge is 2.13. The van der Waals surface area contributed by atoms with Crippen LogP contribution in [0.4, 0.5) is 0 Å². The molecule has 0 radical (unpaired) electrons. The Morgan fingerprint density at radius 3 is 3.00 bits per heavy atom. The van der Waals surface area contributed by atoms with Crippen LogP contribution in [0.2, 0.25) is 0 Å². The Morgan fingerprint density at radius 2 is 2.23 bits per heavy atom. The fourth-order valence-electron chi connectivity index (χ4n) is 2.43. The average molecular weight is 364 g/mol. The van der Waals surface area contributed by atoms with Gasteiger partial charge >= 0.3 is 5.97 Å². The van der Waals surface area contributed by atoms with Crippen LogP contribution >= 0.6 is 15.9 Å². The maximum absolute atomic E-state index is 12.1. The number of aryl methyl sites for hydroxylation is 1. The van der Waals surface area contributed by atoms with Crippen molar-refractivity contribution in [3.63, 3.8) is 0 Å². The van der Waals surface area contributed by atoms with E-state index < -0.39 is 0 Å². The predicted molar refractivity (Wildman–Crippen MR) is 86.0 cm³/mol. The van der Waals surface area contributed by atoms with Gasteiger partial charge in [0.1, 0.15) is 11.3 Å². The van der Waals surface area contributed by atoms with E-state index >= 15 is 0 Å². The minimum absolute atomic E-state index is 0.208. The van der Waals surface area contributed by atoms with Gasteiger partial charge in [-0.2, -0.15) is 0 Å². The largest absolute Gasteiger partial charge is 0.466 e. The number of rotatable bonds is 4. The van der Waals surface area contributed by atoms with Crippen LogP contribution in [0.3, 0.4) is 0 Å². The molecule has 22 heavy (non-hydrogen) atoms. The molecule has 3 rings (SSSR count). The first-order chi connectivity index (χ1) is 10.6. The summed E-state index contributed by atoms with van der Waals surface area (Å²) in [7, 11) is 0. The van der Waals surface area contributed by atoms with E-state index in [9.17, 15) is 9.59 Å². The lowest BCUT2D eigenvalue weighted by Gasteiger charge is -2.06. The number of esters is 1. The summed E-state index contributed by atoms with van der Waals surface area (Å²) in [6, 6.07) is 5.64. The number of nitrogens with one attached hydrogen (secondary N) is 1. The molecular weight excluding hydrogens is 350 g/mol. The fourth-order valence-corrected chi connectivity index (χ4v) is 2.79. The van der Waals surface area contributed by atoms with E-state index in [0.29, 0.717) is 29.9 Å². The molecule has 0 fully saturated rings. The SMILES string of the molecule is CCOC(=O)CCc1ncc2c(=O)[nH]c3cc(Br)ccc3n12. The second-order valence-corrected chi connectivity index (χ2v) is 5.73. The first kappa shape index (κ1) is 14.8. The number of fused-ring (bicyclic) bond motifs is 3. The summed E-state index contributed by atoms with van der Waals surface area (Å²) in [6.45, 7) is 2.13. The lowest BCUT2D eigenvalue weighted by Crippen LogP contribution is -2.12. The minimum Gasteiger partial charge on any atom is -0.466 e. The molecule has 0 saturated carbocycles. The fraction of sp³-hybridized carbons (Fsp3) is 0.267. The maximum atomic E-state index is 12.1. The van der Waals surface area contributed by atoms with Crippen molar-refractivity contribution in [3.05, 3.63) is 45.0 Å². The highest BCUT2D eigenvalue weighted by Crippen LogP contribution is 2.19. The van der Waals surface area contributed by atoms with Crippen molar-refractivity contribution < 1.29 is 9.53 Å². The molecule has 114 valence electrons. The molecule has 0 bridgehead atoms. The third-order valence-corrected chi connectivity index (χ3v) is 3.87. The van der Waals surface area contributed by atoms with Gasteiger partial charge < -0.3 is 9.72 Å². The van der Waals surface area contributed by atoms with Crippen LogP contribution in [-0.2, 0) is 16.0 Å². The zero-order valence-electron chi connectivity index (χ0n) is 11.9. The van der Waals surface area contributed by atoms with Crippen molar-refractivity contribution in [1.82, 2.24) is 14.4 Å². The minimum atomic E-state index is -0.267. The van der Waals surface area contributed by atoms with Gasteiger partial charge in [0, 0.05) is 10.9 Å². The van der Waals surface area contributed by atoms with E-state index in [-0.39, 0.29) is 17.9 Å². The summed E-state index contributed by atoms with van der Waals surface area (Å²) in [5.41, 5.74) is 1.81. The number of carbonyl (C=O) groups is 1. The van der Waals surface area contributed by atoms with Gasteiger partial charge in [0.05, 0.1) is 30.3 Å². The molecule has 0 aliphatic heterocycles. The van der Waals surface area contributed by atoms with E-state index in [0.717, 1.165) is 9.99 Å². The Morgan fingerprint density at radius 1 is 1.41 bits per heavy atom. The maximum Gasteiger partial charge on any atom is 0.306 e. The number of hydrogen-bond donors (Lipinski definition) is 1. The van der Waals surface area contributed by atoms with E-state index in [2.05, 4.69) is 25.9 Å². The van der Waals surface area contributed by atoms with Crippen molar-refractivity contribution >= 4 is 38.4 Å². The van der Waals surface area contributed by atoms with Crippen molar-refractivity contribution in [2.45, 2.75) is 19.8 Å². The van der Waals surface area contributed by atoms with Crippen molar-refractivity contribution in [2.75, 3.05) is 6.61 Å². The lowest BCUT2D eigenvalue weighted by molar-refractivity contribution is -0.143. The molecular formula is C15H14BrN3O3. The molecule has 1 aromatic carbocycles. The van der Waals surface area contributed by atoms with Crippen molar-refractivity contribution in [1.29, 1.82) is 0 Å². The van der Waals surface area contributed by atoms with Crippen LogP contribution < -0.4 is 5.56 Å². The standard InChI is InChI=1S/C15H14BrN3O3/c1-2-22-14(20)6-5-13-17-8-12-15(21)18-10-7-9(16)3-4-11(10)19(12)13/h3-4,7-8H,2,5-6H2,1H3,(H,18,21). The second kappa shape index (κ2) is 5.92. The highest BCUT2D eigenvalue weighted by atomic mass is 79.9. The van der Waals surface area contributed by atoms with Crippen LogP contribution in [0.25, 0.3) is 16.6 Å². The van der Waals surface area contributed by atoms with Gasteiger partial charge in [0.25, 0.3) is 5.56 Å². The van der Waals surface area contributed by atoms with Crippen LogP contribution in [0.5, 0.6) is 0 Å². The lowest BCUT2D eigenvalue weighted by atomic mass is 10.2. The van der Waals surface area contributed by atoms with Gasteiger partial charge in [-0.05, 0) is 25.1 Å². The Kier molecular flexibility index (Phi) is 3.98. The Hall–Kier alpha value is -2.15. The van der Waals surface area contributed by atoms with Crippen LogP contribution in [-0.4, -0.2) is 26.9 Å². The van der Waals surface area contributed by atoms with Crippen molar-refractivity contribution in [2.24, 2.45) is 0 Å². The zero-order valence-corrected chi connectivity index (χ0v) is 13.5. The summed E-state index contributed by atoms with van der Waals surface area (Å²) in [5, 5.41) is 0. The molecule has 0 saturated heterocycles. The number of aromatic nitrogens is 3. The average Bonchev–Trinajstić information content (AvgIpc) is 2.90. The van der Waals surface area contributed by atoms with E-state index in [1.165, 1.54) is 6.20 Å². The molecule has 0 amide bonds. The Labute approximate surface area is 134 Å². The first-order valence-electron chi connectivity index (χ1n) is 6.93. The molecule has 0 unspecified atom stereocenters. The number of carbonyl (C=O) groups excluding carboxylic acids is 1. The second-order valence-electron chi connectivity index (χ2n) is 4.82. The van der Waals surface area contributed by atoms with Gasteiger partial charge in [-0.1, -0.05) is 15.9 Å². The smallest absolute Gasteiger partial charge is 0.306 e. The van der Waals surface area contributed by atoms with Gasteiger partial charge in [-0.15, -0.1) is 0 Å². The molecule has 0 aliphatic rings. The monoisotopic (exact) mass is 363 g/mol. The summed E-state index contributed by atoms with van der Waals surface area (Å²) >= 11 is 3.39. The summed E-state index contributed by atoms with van der Waals surface area (Å²) < 4.78 is 7.60. The third kappa shape index (κ3) is 2.64. The molecule has 2 heterocycles. The van der Waals surface area contributed by atoms with Gasteiger partial charge in [-0.25, -0.2) is 4.98 Å². The highest BCUT2D eigenvalue weighted by molar-refractivity contribution is 9.10. The number of H-pyrrole nitrogens is 1. The first-order valence-corrected chi connectivity index (χ1v) is 7.73. The number of ether oxygens (including phenoxy) is 1. The quantitative estimate of drug-likeness (QED) is 0.722. The topological polar surface area (TPSA) is 76.5 Å². The molecule has 0 atom stereocenters. The molecule has 1 N–H and O–H groups in total. The number of benzene rings is 1. The van der Waals surface area contributed by atoms with Crippen LogP contribution in [0, 0.1) is 0 Å². The Balaban J connectivity index is 2.10. The van der Waals surface area contributed by atoms with Crippen LogP contribution in [0.15, 0.2) is 33.7 Å². The summed E-state index contributed by atoms with van der Waals surface area (Å²) in [6.07, 6.45) is 2.18. The zero-order chi connectivity index (χ0) is 15.7. The third-order valence-electron chi connectivity index (χ3n) is 3.37. The van der Waals surface area contributed by atoms with Crippen molar-refractivity contribution in [3.8, 4) is 0 Å². The predicted octanol–water partition coefficient (Wildman–Crippen LogP) is 2.43. The Bertz CT molecular complexity index is 913. The molecule has 7 heteroatoms. The van der Waals surface area contributed by atoms with E-state index in [1.54, 1.807) is 11.3 Å². The number of nitrogens with zero attached hydrogens (tertiary/aromatic N) is 2. The molecule has 2 aromatic heterocycles. The number of hydrogen-bond acceptors (Lipinski definition) is 4. The normalized spacial score (nSPS) is 11.2. The van der Waals surface area contributed by atoms with Gasteiger partial charge in [0.15, 0.2) is 0 Å². The molecule has 0 spiro atoms. The number of aromatic amines is 1. The van der Waals surface area contributed by atoms with Gasteiger partial charge in [-0.3, -0.25) is 14.0 Å².